The van der Waals surface area contributed by atoms with Crippen LogP contribution in [0.4, 0.5) is 0 Å². The largest absolute Gasteiger partial charge is 0.488 e. The smallest absolute Gasteiger partial charge is 0.216 e. The number of ketones is 1. The molecule has 84 valence electrons. The van der Waals surface area contributed by atoms with Crippen LogP contribution in [0.25, 0.3) is 0 Å². The Morgan fingerprint density at radius 2 is 2.25 bits per heavy atom. The van der Waals surface area contributed by atoms with Crippen LogP contribution in [0, 0.1) is 0 Å². The maximum Gasteiger partial charge on any atom is 0.216 e. The zero-order valence-corrected chi connectivity index (χ0v) is 9.03. The fourth-order valence-corrected chi connectivity index (χ4v) is 2.39. The first-order valence-electron chi connectivity index (χ1n) is 5.58. The molecule has 1 aliphatic carbocycles. The summed E-state index contributed by atoms with van der Waals surface area (Å²) in [5, 5.41) is 0. The van der Waals surface area contributed by atoms with Gasteiger partial charge in [0, 0.05) is 18.7 Å². The Kier molecular flexibility index (Phi) is 2.02. The number of allylic oxidation sites excluding steroid dienone is 3. The Labute approximate surface area is 94.0 Å². The van der Waals surface area contributed by atoms with E-state index in [9.17, 15) is 4.79 Å². The molecule has 0 bridgehead atoms. The molecule has 4 nitrogen and oxygen atoms in total. The van der Waals surface area contributed by atoms with E-state index in [1.165, 1.54) is 0 Å². The zero-order chi connectivity index (χ0) is 11.1. The Bertz CT molecular complexity index is 446. The highest BCUT2D eigenvalue weighted by molar-refractivity contribution is 5.97. The summed E-state index contributed by atoms with van der Waals surface area (Å²) in [7, 11) is 0. The predicted molar refractivity (Wildman–Crippen MR) is 58.9 cm³/mol. The number of hydrogen-bond acceptors (Lipinski definition) is 4. The molecular weight excluding hydrogens is 204 g/mol. The van der Waals surface area contributed by atoms with Crippen molar-refractivity contribution in [3.63, 3.8) is 0 Å². The average Bonchev–Trinajstić information content (AvgIpc) is 2.71. The molecule has 0 radical (unpaired) electrons. The van der Waals surface area contributed by atoms with Crippen LogP contribution >= 0.6 is 0 Å². The molecule has 4 heteroatoms. The van der Waals surface area contributed by atoms with Crippen molar-refractivity contribution in [2.45, 2.75) is 19.3 Å². The Hall–Kier alpha value is -1.71. The summed E-state index contributed by atoms with van der Waals surface area (Å²) in [4.78, 5) is 13.8. The van der Waals surface area contributed by atoms with E-state index in [-0.39, 0.29) is 12.4 Å². The van der Waals surface area contributed by atoms with E-state index in [0.717, 1.165) is 48.7 Å². The number of hydrogen-bond donors (Lipinski definition) is 1. The van der Waals surface area contributed by atoms with Crippen molar-refractivity contribution in [3.05, 3.63) is 35.0 Å². The van der Waals surface area contributed by atoms with Gasteiger partial charge in [-0.05, 0) is 18.9 Å². The van der Waals surface area contributed by atoms with Crippen molar-refractivity contribution in [2.24, 2.45) is 5.73 Å². The van der Waals surface area contributed by atoms with Crippen LogP contribution < -0.4 is 5.73 Å². The lowest BCUT2D eigenvalue weighted by molar-refractivity contribution is -0.119. The zero-order valence-electron chi connectivity index (χ0n) is 9.03. The Morgan fingerprint density at radius 1 is 1.38 bits per heavy atom. The Morgan fingerprint density at radius 3 is 3.12 bits per heavy atom. The van der Waals surface area contributed by atoms with Gasteiger partial charge in [-0.3, -0.25) is 4.79 Å². The lowest BCUT2D eigenvalue weighted by Gasteiger charge is -2.24. The van der Waals surface area contributed by atoms with Gasteiger partial charge in [0.25, 0.3) is 0 Å². The number of rotatable bonds is 0. The molecule has 0 aromatic carbocycles. The topological polar surface area (TPSA) is 55.6 Å². The fraction of sp³-hybridized carbons (Fsp3) is 0.417. The van der Waals surface area contributed by atoms with E-state index in [4.69, 9.17) is 10.5 Å². The van der Waals surface area contributed by atoms with Crippen LogP contribution in [0.5, 0.6) is 0 Å². The molecule has 0 saturated heterocycles. The third-order valence-electron chi connectivity index (χ3n) is 3.18. The third kappa shape index (κ3) is 1.33. The molecular formula is C12H14N2O2. The summed E-state index contributed by atoms with van der Waals surface area (Å²) in [5.74, 6) is 0.978. The minimum atomic E-state index is 0.0684. The van der Waals surface area contributed by atoms with Crippen molar-refractivity contribution in [1.82, 2.24) is 4.90 Å². The first kappa shape index (κ1) is 9.51. The van der Waals surface area contributed by atoms with Gasteiger partial charge in [-0.2, -0.15) is 0 Å². The van der Waals surface area contributed by atoms with Crippen LogP contribution in [0.2, 0.25) is 0 Å². The number of carbonyl (C=O) groups is 1. The van der Waals surface area contributed by atoms with Gasteiger partial charge >= 0.3 is 0 Å². The quantitative estimate of drug-likeness (QED) is 0.659. The van der Waals surface area contributed by atoms with Gasteiger partial charge in [0.05, 0.1) is 11.4 Å². The molecule has 2 heterocycles. The normalized spacial score (nSPS) is 24.2. The molecule has 3 aliphatic rings. The maximum atomic E-state index is 11.8. The summed E-state index contributed by atoms with van der Waals surface area (Å²) in [5.41, 5.74) is 8.47. The molecule has 0 amide bonds. The van der Waals surface area contributed by atoms with Crippen molar-refractivity contribution < 1.29 is 9.53 Å². The highest BCUT2D eigenvalue weighted by Crippen LogP contribution is 2.33. The lowest BCUT2D eigenvalue weighted by Crippen LogP contribution is -2.24. The van der Waals surface area contributed by atoms with Crippen LogP contribution in [0.1, 0.15) is 19.3 Å². The molecule has 0 unspecified atom stereocenters. The number of nitrogens with two attached hydrogens (primary N) is 1. The molecule has 0 saturated carbocycles. The van der Waals surface area contributed by atoms with Gasteiger partial charge in [0.15, 0.2) is 6.61 Å². The molecule has 2 N–H and O–H groups in total. The summed E-state index contributed by atoms with van der Waals surface area (Å²) in [6, 6.07) is 0. The molecule has 2 aliphatic heterocycles. The fourth-order valence-electron chi connectivity index (χ4n) is 2.39. The Balaban J connectivity index is 2.06. The molecule has 0 spiro atoms. The van der Waals surface area contributed by atoms with E-state index >= 15 is 0 Å². The first-order valence-corrected chi connectivity index (χ1v) is 5.58. The minimum Gasteiger partial charge on any atom is -0.488 e. The molecule has 0 aromatic heterocycles. The highest BCUT2D eigenvalue weighted by Gasteiger charge is 2.31. The van der Waals surface area contributed by atoms with Gasteiger partial charge in [-0.25, -0.2) is 0 Å². The molecule has 0 fully saturated rings. The molecule has 3 rings (SSSR count). The summed E-state index contributed by atoms with van der Waals surface area (Å²) < 4.78 is 5.55. The third-order valence-corrected chi connectivity index (χ3v) is 3.18. The van der Waals surface area contributed by atoms with Gasteiger partial charge in [-0.15, -0.1) is 0 Å². The number of ether oxygens (including phenoxy) is 1. The number of fused-ring (bicyclic) bond motifs is 2. The molecule has 16 heavy (non-hydrogen) atoms. The monoisotopic (exact) mass is 218 g/mol. The van der Waals surface area contributed by atoms with Gasteiger partial charge < -0.3 is 15.4 Å². The second-order valence-electron chi connectivity index (χ2n) is 4.27. The van der Waals surface area contributed by atoms with Crippen LogP contribution in [0.3, 0.4) is 0 Å². The minimum absolute atomic E-state index is 0.0684. The lowest BCUT2D eigenvalue weighted by atomic mass is 10.1. The van der Waals surface area contributed by atoms with Crippen LogP contribution in [-0.4, -0.2) is 23.8 Å². The van der Waals surface area contributed by atoms with Crippen molar-refractivity contribution in [2.75, 3.05) is 13.2 Å². The number of nitrogens with zero attached hydrogens (tertiary/aromatic N) is 1. The van der Waals surface area contributed by atoms with Crippen molar-refractivity contribution in [3.8, 4) is 0 Å². The van der Waals surface area contributed by atoms with Crippen LogP contribution in [0.15, 0.2) is 35.0 Å². The molecule has 0 atom stereocenters. The summed E-state index contributed by atoms with van der Waals surface area (Å²) >= 11 is 0. The summed E-state index contributed by atoms with van der Waals surface area (Å²) in [6.07, 6.45) is 6.47. The average molecular weight is 218 g/mol. The van der Waals surface area contributed by atoms with Crippen LogP contribution in [-0.2, 0) is 9.53 Å². The highest BCUT2D eigenvalue weighted by atomic mass is 16.5. The number of Topliss-reactive ketones (excluding diaryl/α,β-unsaturated/α-hetero) is 1. The van der Waals surface area contributed by atoms with Gasteiger partial charge in [0.1, 0.15) is 5.76 Å². The van der Waals surface area contributed by atoms with Crippen molar-refractivity contribution >= 4 is 5.78 Å². The standard InChI is InChI=1S/C12H14N2O2/c13-8-3-4-12-10(6-8)14-5-1-2-9(14)11(15)7-16-12/h2,6H,1,3-5,7,13H2. The van der Waals surface area contributed by atoms with E-state index in [1.54, 1.807) is 0 Å². The van der Waals surface area contributed by atoms with Gasteiger partial charge in [-0.1, -0.05) is 6.08 Å². The predicted octanol–water partition coefficient (Wildman–Crippen LogP) is 1.02. The molecule has 0 aromatic rings. The van der Waals surface area contributed by atoms with E-state index < -0.39 is 0 Å². The second kappa shape index (κ2) is 3.40. The summed E-state index contributed by atoms with van der Waals surface area (Å²) in [6.45, 7) is 1.02. The van der Waals surface area contributed by atoms with E-state index in [1.807, 2.05) is 17.1 Å². The number of carbonyl (C=O) groups excluding carboxylic acids is 1. The SMILES string of the molecule is NC1=CC2=C(CC1)OCC(=O)C1=CCCN12. The maximum absolute atomic E-state index is 11.8. The first-order chi connectivity index (χ1) is 7.75. The van der Waals surface area contributed by atoms with E-state index in [0.29, 0.717) is 0 Å². The van der Waals surface area contributed by atoms with E-state index in [2.05, 4.69) is 0 Å². The second-order valence-corrected chi connectivity index (χ2v) is 4.27. The van der Waals surface area contributed by atoms with Crippen molar-refractivity contribution in [1.29, 1.82) is 0 Å². The van der Waals surface area contributed by atoms with Gasteiger partial charge in [0.2, 0.25) is 5.78 Å².